The number of hydrogen-bond acceptors (Lipinski definition) is 4. The largest absolute Gasteiger partial charge is 0.409 e. The van der Waals surface area contributed by atoms with Crippen molar-refractivity contribution < 1.29 is 10.3 Å². The van der Waals surface area contributed by atoms with Crippen LogP contribution in [0.25, 0.3) is 0 Å². The summed E-state index contributed by atoms with van der Waals surface area (Å²) in [7, 11) is 0. The van der Waals surface area contributed by atoms with Gasteiger partial charge in [0, 0.05) is 24.3 Å². The van der Waals surface area contributed by atoms with Gasteiger partial charge in [-0.2, -0.15) is 0 Å². The molecule has 0 radical (unpaired) electrons. The monoisotopic (exact) mass is 249 g/mol. The third-order valence-electron chi connectivity index (χ3n) is 3.34. The van der Waals surface area contributed by atoms with E-state index < -0.39 is 0 Å². The van der Waals surface area contributed by atoms with Crippen LogP contribution in [-0.2, 0) is 0 Å². The van der Waals surface area contributed by atoms with Gasteiger partial charge in [0.25, 0.3) is 0 Å². The molecule has 1 unspecified atom stereocenters. The molecular weight excluding hydrogens is 230 g/mol. The molecule has 1 aliphatic rings. The molecule has 18 heavy (non-hydrogen) atoms. The van der Waals surface area contributed by atoms with E-state index in [4.69, 9.17) is 10.9 Å². The first-order valence-electron chi connectivity index (χ1n) is 6.13. The number of anilines is 1. The van der Waals surface area contributed by atoms with Crippen molar-refractivity contribution >= 4 is 11.5 Å². The summed E-state index contributed by atoms with van der Waals surface area (Å²) >= 11 is 0. The van der Waals surface area contributed by atoms with Crippen LogP contribution in [-0.4, -0.2) is 35.3 Å². The van der Waals surface area contributed by atoms with E-state index in [9.17, 15) is 5.11 Å². The van der Waals surface area contributed by atoms with Crippen LogP contribution in [0.2, 0.25) is 0 Å². The molecule has 5 nitrogen and oxygen atoms in total. The number of hydrogen-bond donors (Lipinski definition) is 3. The summed E-state index contributed by atoms with van der Waals surface area (Å²) in [5, 5.41) is 21.3. The summed E-state index contributed by atoms with van der Waals surface area (Å²) in [4.78, 5) is 2.18. The van der Waals surface area contributed by atoms with E-state index >= 15 is 0 Å². The third kappa shape index (κ3) is 2.56. The Bertz CT molecular complexity index is 460. The standard InChI is InChI=1S/C13H19N3O2/c1-9-7-10(13(14)15-18)4-5-12(9)16-6-2-3-11(17)8-16/h4-5,7,11,17-18H,2-3,6,8H2,1H3,(H2,14,15). The molecule has 2 rings (SSSR count). The van der Waals surface area contributed by atoms with Gasteiger partial charge in [-0.15, -0.1) is 0 Å². The fraction of sp³-hybridized carbons (Fsp3) is 0.462. The lowest BCUT2D eigenvalue weighted by atomic mass is 10.0. The molecule has 0 saturated carbocycles. The van der Waals surface area contributed by atoms with Gasteiger partial charge >= 0.3 is 0 Å². The van der Waals surface area contributed by atoms with Crippen molar-refractivity contribution in [1.82, 2.24) is 0 Å². The maximum absolute atomic E-state index is 9.70. The minimum absolute atomic E-state index is 0.114. The van der Waals surface area contributed by atoms with E-state index in [0.717, 1.165) is 30.6 Å². The molecular formula is C13H19N3O2. The smallest absolute Gasteiger partial charge is 0.170 e. The molecule has 5 heteroatoms. The first-order valence-corrected chi connectivity index (χ1v) is 6.13. The molecule has 1 aromatic carbocycles. The number of oxime groups is 1. The van der Waals surface area contributed by atoms with Gasteiger partial charge in [-0.3, -0.25) is 0 Å². The Balaban J connectivity index is 2.24. The van der Waals surface area contributed by atoms with Gasteiger partial charge in [0.15, 0.2) is 5.84 Å². The highest BCUT2D eigenvalue weighted by atomic mass is 16.4. The van der Waals surface area contributed by atoms with Gasteiger partial charge in [0.1, 0.15) is 0 Å². The molecule has 0 spiro atoms. The second-order valence-electron chi connectivity index (χ2n) is 4.73. The first kappa shape index (κ1) is 12.7. The first-order chi connectivity index (χ1) is 8.61. The van der Waals surface area contributed by atoms with Crippen molar-refractivity contribution in [2.24, 2.45) is 10.9 Å². The second kappa shape index (κ2) is 5.27. The van der Waals surface area contributed by atoms with E-state index in [2.05, 4.69) is 10.1 Å². The maximum atomic E-state index is 9.70. The van der Waals surface area contributed by atoms with Crippen molar-refractivity contribution in [3.63, 3.8) is 0 Å². The quantitative estimate of drug-likeness (QED) is 0.317. The normalized spacial score (nSPS) is 21.1. The molecule has 1 heterocycles. The van der Waals surface area contributed by atoms with E-state index in [1.807, 2.05) is 25.1 Å². The molecule has 0 aliphatic carbocycles. The predicted octanol–water partition coefficient (Wildman–Crippen LogP) is 1.05. The van der Waals surface area contributed by atoms with Gasteiger partial charge in [0.05, 0.1) is 6.10 Å². The second-order valence-corrected chi connectivity index (χ2v) is 4.73. The Labute approximate surface area is 107 Å². The van der Waals surface area contributed by atoms with Crippen molar-refractivity contribution in [1.29, 1.82) is 0 Å². The Morgan fingerprint density at radius 3 is 2.89 bits per heavy atom. The average molecular weight is 249 g/mol. The number of aliphatic hydroxyl groups is 1. The number of benzene rings is 1. The van der Waals surface area contributed by atoms with E-state index in [-0.39, 0.29) is 11.9 Å². The zero-order valence-corrected chi connectivity index (χ0v) is 10.5. The van der Waals surface area contributed by atoms with Crippen LogP contribution in [0.3, 0.4) is 0 Å². The lowest BCUT2D eigenvalue weighted by Crippen LogP contribution is -2.38. The van der Waals surface area contributed by atoms with E-state index in [1.165, 1.54) is 0 Å². The molecule has 1 atom stereocenters. The Morgan fingerprint density at radius 2 is 2.28 bits per heavy atom. The molecule has 1 fully saturated rings. The molecule has 4 N–H and O–H groups in total. The molecule has 0 bridgehead atoms. The van der Waals surface area contributed by atoms with Gasteiger partial charge in [-0.25, -0.2) is 0 Å². The lowest BCUT2D eigenvalue weighted by molar-refractivity contribution is 0.154. The molecule has 98 valence electrons. The summed E-state index contributed by atoms with van der Waals surface area (Å²) in [6.07, 6.45) is 1.63. The van der Waals surface area contributed by atoms with Crippen molar-refractivity contribution in [2.75, 3.05) is 18.0 Å². The SMILES string of the molecule is Cc1cc(/C(N)=N/O)ccc1N1CCCC(O)C1. The van der Waals surface area contributed by atoms with Gasteiger partial charge in [-0.1, -0.05) is 5.16 Å². The number of piperidine rings is 1. The summed E-state index contributed by atoms with van der Waals surface area (Å²) in [6.45, 7) is 3.62. The van der Waals surface area contributed by atoms with Crippen LogP contribution in [0, 0.1) is 6.92 Å². The number of aryl methyl sites for hydroxylation is 1. The number of aliphatic hydroxyl groups excluding tert-OH is 1. The topological polar surface area (TPSA) is 82.1 Å². The lowest BCUT2D eigenvalue weighted by Gasteiger charge is -2.33. The number of nitrogens with two attached hydrogens (primary N) is 1. The van der Waals surface area contributed by atoms with Crippen LogP contribution in [0.1, 0.15) is 24.0 Å². The molecule has 0 amide bonds. The molecule has 0 aromatic heterocycles. The maximum Gasteiger partial charge on any atom is 0.170 e. The highest BCUT2D eigenvalue weighted by molar-refractivity contribution is 5.97. The number of β-amino-alcohol motifs (C(OH)–C–C–N with tert-alkyl or cyclic N) is 1. The minimum Gasteiger partial charge on any atom is -0.409 e. The van der Waals surface area contributed by atoms with Gasteiger partial charge in [-0.05, 0) is 43.5 Å². The number of nitrogens with zero attached hydrogens (tertiary/aromatic N) is 2. The predicted molar refractivity (Wildman–Crippen MR) is 71.1 cm³/mol. The van der Waals surface area contributed by atoms with Gasteiger partial charge in [0.2, 0.25) is 0 Å². The zero-order valence-electron chi connectivity index (χ0n) is 10.5. The Kier molecular flexibility index (Phi) is 3.72. The molecule has 1 aromatic rings. The highest BCUT2D eigenvalue weighted by Crippen LogP contribution is 2.24. The van der Waals surface area contributed by atoms with Crippen molar-refractivity contribution in [2.45, 2.75) is 25.9 Å². The van der Waals surface area contributed by atoms with E-state index in [1.54, 1.807) is 0 Å². The highest BCUT2D eigenvalue weighted by Gasteiger charge is 2.19. The molecule has 1 aliphatic heterocycles. The van der Waals surface area contributed by atoms with Crippen LogP contribution < -0.4 is 10.6 Å². The number of rotatable bonds is 2. The van der Waals surface area contributed by atoms with Crippen LogP contribution in [0.4, 0.5) is 5.69 Å². The summed E-state index contributed by atoms with van der Waals surface area (Å²) < 4.78 is 0. The van der Waals surface area contributed by atoms with Crippen LogP contribution in [0.5, 0.6) is 0 Å². The summed E-state index contributed by atoms with van der Waals surface area (Å²) in [5.41, 5.74) is 8.43. The fourth-order valence-corrected chi connectivity index (χ4v) is 2.40. The van der Waals surface area contributed by atoms with Crippen LogP contribution >= 0.6 is 0 Å². The van der Waals surface area contributed by atoms with Crippen molar-refractivity contribution in [3.8, 4) is 0 Å². The van der Waals surface area contributed by atoms with Gasteiger partial charge < -0.3 is 20.9 Å². The average Bonchev–Trinajstić information content (AvgIpc) is 2.37. The Hall–Kier alpha value is -1.75. The minimum atomic E-state index is -0.248. The summed E-state index contributed by atoms with van der Waals surface area (Å²) in [6, 6.07) is 5.69. The zero-order chi connectivity index (χ0) is 13.1. The number of amidine groups is 1. The third-order valence-corrected chi connectivity index (χ3v) is 3.34. The molecule has 1 saturated heterocycles. The fourth-order valence-electron chi connectivity index (χ4n) is 2.40. The van der Waals surface area contributed by atoms with E-state index in [0.29, 0.717) is 12.1 Å². The van der Waals surface area contributed by atoms with Crippen LogP contribution in [0.15, 0.2) is 23.4 Å². The van der Waals surface area contributed by atoms with Crippen molar-refractivity contribution in [3.05, 3.63) is 29.3 Å². The Morgan fingerprint density at radius 1 is 1.50 bits per heavy atom. The summed E-state index contributed by atoms with van der Waals surface area (Å²) in [5.74, 6) is 0.114.